The summed E-state index contributed by atoms with van der Waals surface area (Å²) in [5, 5.41) is 5.79. The number of allylic oxidation sites excluding steroid dienone is 4. The average molecular weight is 386 g/mol. The Balaban J connectivity index is 1.76. The van der Waals surface area contributed by atoms with Crippen molar-refractivity contribution >= 4 is 16.5 Å². The van der Waals surface area contributed by atoms with Gasteiger partial charge in [-0.15, -0.1) is 0 Å². The molecule has 1 aromatic heterocycles. The molecule has 0 radical (unpaired) electrons. The van der Waals surface area contributed by atoms with Crippen molar-refractivity contribution in [2.24, 2.45) is 0 Å². The van der Waals surface area contributed by atoms with Gasteiger partial charge in [0.25, 0.3) is 0 Å². The van der Waals surface area contributed by atoms with Gasteiger partial charge in [0, 0.05) is 6.42 Å². The Kier molecular flexibility index (Phi) is 6.40. The molecule has 0 atom stereocenters. The number of hydrogen-bond donors (Lipinski definition) is 1. The molecule has 0 aliphatic carbocycles. The van der Waals surface area contributed by atoms with E-state index in [0.29, 0.717) is 11.5 Å². The van der Waals surface area contributed by atoms with Crippen molar-refractivity contribution in [2.45, 2.75) is 20.3 Å². The lowest BCUT2D eigenvalue weighted by molar-refractivity contribution is 0.288. The fourth-order valence-corrected chi connectivity index (χ4v) is 3.22. The molecule has 3 heteroatoms. The summed E-state index contributed by atoms with van der Waals surface area (Å²) in [4.78, 5) is 0. The van der Waals surface area contributed by atoms with Gasteiger partial charge in [0.2, 0.25) is 0 Å². The van der Waals surface area contributed by atoms with Gasteiger partial charge in [0.05, 0.1) is 18.5 Å². The van der Waals surface area contributed by atoms with Crippen LogP contribution in [0, 0.1) is 0 Å². The quantitative estimate of drug-likeness (QED) is 0.351. The van der Waals surface area contributed by atoms with Gasteiger partial charge in [-0.1, -0.05) is 67.8 Å². The van der Waals surface area contributed by atoms with Crippen molar-refractivity contribution < 1.29 is 9.15 Å². The van der Waals surface area contributed by atoms with E-state index in [-0.39, 0.29) is 0 Å². The van der Waals surface area contributed by atoms with Crippen LogP contribution in [0.5, 0.6) is 0 Å². The molecule has 1 N–H and O–H groups in total. The molecule has 0 aliphatic heterocycles. The third-order valence-electron chi connectivity index (χ3n) is 4.85. The first-order chi connectivity index (χ1) is 14.0. The van der Waals surface area contributed by atoms with Crippen LogP contribution in [0.25, 0.3) is 16.5 Å². The fourth-order valence-electron chi connectivity index (χ4n) is 3.22. The molecule has 148 valence electrons. The molecule has 29 heavy (non-hydrogen) atoms. The molecule has 0 aliphatic rings. The number of benzene rings is 2. The Morgan fingerprint density at radius 3 is 2.55 bits per heavy atom. The molecule has 3 aromatic rings. The van der Waals surface area contributed by atoms with E-state index in [9.17, 15) is 0 Å². The topological polar surface area (TPSA) is 34.4 Å². The lowest BCUT2D eigenvalue weighted by atomic mass is 10.0. The van der Waals surface area contributed by atoms with Crippen LogP contribution in [0.1, 0.15) is 30.9 Å². The molecule has 1 heterocycles. The van der Waals surface area contributed by atoms with E-state index in [1.807, 2.05) is 32.1 Å². The molecule has 0 saturated heterocycles. The van der Waals surface area contributed by atoms with Gasteiger partial charge >= 0.3 is 0 Å². The van der Waals surface area contributed by atoms with Gasteiger partial charge in [-0.3, -0.25) is 0 Å². The highest BCUT2D eigenvalue weighted by molar-refractivity contribution is 5.83. The lowest BCUT2D eigenvalue weighted by Crippen LogP contribution is -2.14. The Hall–Kier alpha value is -3.46. The van der Waals surface area contributed by atoms with E-state index >= 15 is 0 Å². The van der Waals surface area contributed by atoms with Crippen LogP contribution in [-0.2, 0) is 11.2 Å². The minimum absolute atomic E-state index is 0.679. The molecule has 0 bridgehead atoms. The van der Waals surface area contributed by atoms with Gasteiger partial charge in [0.15, 0.2) is 0 Å². The van der Waals surface area contributed by atoms with Crippen molar-refractivity contribution in [3.05, 3.63) is 114 Å². The van der Waals surface area contributed by atoms with Gasteiger partial charge in [-0.25, -0.2) is 0 Å². The Bertz CT molecular complexity index is 1100. The van der Waals surface area contributed by atoms with E-state index in [1.165, 1.54) is 16.3 Å². The van der Waals surface area contributed by atoms with Crippen LogP contribution in [0.2, 0.25) is 0 Å². The first-order valence-electron chi connectivity index (χ1n) is 9.59. The highest BCUT2D eigenvalue weighted by Gasteiger charge is 2.12. The zero-order chi connectivity index (χ0) is 20.8. The van der Waals surface area contributed by atoms with Crippen LogP contribution in [0.15, 0.2) is 101 Å². The van der Waals surface area contributed by atoms with Crippen LogP contribution in [-0.4, -0.2) is 7.11 Å². The van der Waals surface area contributed by atoms with Crippen LogP contribution in [0.3, 0.4) is 0 Å². The molecule has 3 rings (SSSR count). The van der Waals surface area contributed by atoms with E-state index in [4.69, 9.17) is 9.15 Å². The highest BCUT2D eigenvalue weighted by Crippen LogP contribution is 2.23. The third kappa shape index (κ3) is 4.88. The number of rotatable bonds is 8. The zero-order valence-corrected chi connectivity index (χ0v) is 17.3. The van der Waals surface area contributed by atoms with E-state index in [2.05, 4.69) is 60.9 Å². The second kappa shape index (κ2) is 9.16. The molecular formula is C26H27NO2. The Morgan fingerprint density at radius 1 is 1.07 bits per heavy atom. The lowest BCUT2D eigenvalue weighted by Gasteiger charge is -2.15. The number of nitrogens with one attached hydrogen (secondary N) is 1. The predicted octanol–water partition coefficient (Wildman–Crippen LogP) is 6.59. The molecule has 0 unspecified atom stereocenters. The summed E-state index contributed by atoms with van der Waals surface area (Å²) in [7, 11) is 1.65. The van der Waals surface area contributed by atoms with Gasteiger partial charge in [0.1, 0.15) is 17.3 Å². The number of hydrogen-bond acceptors (Lipinski definition) is 3. The summed E-state index contributed by atoms with van der Waals surface area (Å²) in [5.74, 6) is 2.36. The minimum Gasteiger partial charge on any atom is -0.499 e. The van der Waals surface area contributed by atoms with Crippen molar-refractivity contribution in [1.29, 1.82) is 0 Å². The summed E-state index contributed by atoms with van der Waals surface area (Å²) in [6.07, 6.45) is 4.40. The van der Waals surface area contributed by atoms with Crippen molar-refractivity contribution in [3.8, 4) is 0 Å². The Labute approximate surface area is 172 Å². The standard InChI is InChI=1S/C26H27NO2/c1-6-9-18(2)26(20(4)28-5)27-19(3)25-15-14-24(29-25)17-21-12-13-22-10-7-8-11-23(22)16-21/h6-16,27H,1,3,17H2,2,4-5H3/b18-9-,26-20-. The van der Waals surface area contributed by atoms with E-state index < -0.39 is 0 Å². The van der Waals surface area contributed by atoms with Crippen LogP contribution < -0.4 is 5.32 Å². The molecule has 0 spiro atoms. The van der Waals surface area contributed by atoms with Crippen molar-refractivity contribution in [2.75, 3.05) is 7.11 Å². The zero-order valence-electron chi connectivity index (χ0n) is 17.3. The molecule has 0 saturated carbocycles. The Morgan fingerprint density at radius 2 is 1.83 bits per heavy atom. The second-order valence-corrected chi connectivity index (χ2v) is 6.95. The summed E-state index contributed by atoms with van der Waals surface area (Å²) in [6, 6.07) is 18.8. The molecule has 0 fully saturated rings. The van der Waals surface area contributed by atoms with Gasteiger partial charge in [-0.05, 0) is 47.9 Å². The SMILES string of the molecule is C=C/C=C(C)\C(NC(=C)c1ccc(Cc2ccc3ccccc3c2)o1)=C(/C)OC. The van der Waals surface area contributed by atoms with Crippen molar-refractivity contribution in [1.82, 2.24) is 5.32 Å². The first-order valence-corrected chi connectivity index (χ1v) is 9.59. The predicted molar refractivity (Wildman–Crippen MR) is 121 cm³/mol. The van der Waals surface area contributed by atoms with E-state index in [1.54, 1.807) is 13.2 Å². The summed E-state index contributed by atoms with van der Waals surface area (Å²) in [5.41, 5.74) is 3.75. The smallest absolute Gasteiger partial charge is 0.149 e. The normalized spacial score (nSPS) is 12.4. The highest BCUT2D eigenvalue weighted by atomic mass is 16.5. The largest absolute Gasteiger partial charge is 0.499 e. The van der Waals surface area contributed by atoms with Crippen LogP contribution in [0.4, 0.5) is 0 Å². The molecule has 0 amide bonds. The summed E-state index contributed by atoms with van der Waals surface area (Å²) in [6.45, 7) is 11.8. The monoisotopic (exact) mass is 385 g/mol. The maximum absolute atomic E-state index is 6.05. The average Bonchev–Trinajstić information content (AvgIpc) is 3.20. The summed E-state index contributed by atoms with van der Waals surface area (Å²) < 4.78 is 11.5. The van der Waals surface area contributed by atoms with Crippen LogP contribution >= 0.6 is 0 Å². The molecular weight excluding hydrogens is 358 g/mol. The number of furan rings is 1. The number of fused-ring (bicyclic) bond motifs is 1. The fraction of sp³-hybridized carbons (Fsp3) is 0.154. The van der Waals surface area contributed by atoms with Crippen molar-refractivity contribution in [3.63, 3.8) is 0 Å². The number of ether oxygens (including phenoxy) is 1. The first kappa shape index (κ1) is 20.3. The third-order valence-corrected chi connectivity index (χ3v) is 4.85. The van der Waals surface area contributed by atoms with Gasteiger partial charge < -0.3 is 14.5 Å². The van der Waals surface area contributed by atoms with Gasteiger partial charge in [-0.2, -0.15) is 0 Å². The second-order valence-electron chi connectivity index (χ2n) is 6.95. The summed E-state index contributed by atoms with van der Waals surface area (Å²) >= 11 is 0. The molecule has 2 aromatic carbocycles. The number of methoxy groups -OCH3 is 1. The molecule has 3 nitrogen and oxygen atoms in total. The minimum atomic E-state index is 0.679. The van der Waals surface area contributed by atoms with E-state index in [0.717, 1.165) is 29.2 Å². The maximum atomic E-state index is 6.05. The maximum Gasteiger partial charge on any atom is 0.149 e.